The molecular weight excluding hydrogens is 274 g/mol. The van der Waals surface area contributed by atoms with Crippen LogP contribution in [0.15, 0.2) is 23.6 Å². The third-order valence-electron chi connectivity index (χ3n) is 3.28. The van der Waals surface area contributed by atoms with E-state index in [1.54, 1.807) is 11.3 Å². The van der Waals surface area contributed by atoms with E-state index in [1.165, 1.54) is 4.70 Å². The number of fused-ring (bicyclic) bond motifs is 1. The molecule has 1 saturated carbocycles. The summed E-state index contributed by atoms with van der Waals surface area (Å²) < 4.78 is 6.71. The zero-order chi connectivity index (χ0) is 13.9. The van der Waals surface area contributed by atoms with Gasteiger partial charge in [-0.05, 0) is 48.9 Å². The van der Waals surface area contributed by atoms with Crippen molar-refractivity contribution in [2.24, 2.45) is 5.92 Å². The standard InChI is InChI=1S/C15H17NO3S/c1-2-18-12-5-6-14-13(7-12)11(9-20-14)8-19-16-15(17)10-3-4-10/h5-7,9-10H,2-4,8H2,1H3,(H,16,17). The van der Waals surface area contributed by atoms with E-state index in [0.717, 1.165) is 29.5 Å². The largest absolute Gasteiger partial charge is 0.494 e. The van der Waals surface area contributed by atoms with Crippen molar-refractivity contribution < 1.29 is 14.4 Å². The highest BCUT2D eigenvalue weighted by Gasteiger charge is 2.29. The number of ether oxygens (including phenoxy) is 1. The van der Waals surface area contributed by atoms with Gasteiger partial charge in [0.05, 0.1) is 6.61 Å². The molecular formula is C15H17NO3S. The summed E-state index contributed by atoms with van der Waals surface area (Å²) in [6, 6.07) is 6.05. The number of thiophene rings is 1. The van der Waals surface area contributed by atoms with Gasteiger partial charge in [0.2, 0.25) is 5.91 Å². The summed E-state index contributed by atoms with van der Waals surface area (Å²) >= 11 is 1.67. The quantitative estimate of drug-likeness (QED) is 0.831. The molecule has 1 aliphatic carbocycles. The lowest BCUT2D eigenvalue weighted by molar-refractivity contribution is -0.135. The fourth-order valence-electron chi connectivity index (χ4n) is 2.04. The molecule has 1 aromatic heterocycles. The second kappa shape index (κ2) is 5.81. The van der Waals surface area contributed by atoms with Crippen molar-refractivity contribution in [2.45, 2.75) is 26.4 Å². The van der Waals surface area contributed by atoms with Crippen molar-refractivity contribution in [3.05, 3.63) is 29.1 Å². The van der Waals surface area contributed by atoms with Gasteiger partial charge in [0.25, 0.3) is 0 Å². The second-order valence-corrected chi connectivity index (χ2v) is 5.79. The number of carbonyl (C=O) groups is 1. The summed E-state index contributed by atoms with van der Waals surface area (Å²) in [6.45, 7) is 3.00. The van der Waals surface area contributed by atoms with Crippen LogP contribution in [0.1, 0.15) is 25.3 Å². The number of hydrogen-bond acceptors (Lipinski definition) is 4. The first-order valence-electron chi connectivity index (χ1n) is 6.82. The highest BCUT2D eigenvalue weighted by Crippen LogP contribution is 2.31. The maximum atomic E-state index is 11.5. The van der Waals surface area contributed by atoms with Crippen molar-refractivity contribution in [1.82, 2.24) is 5.48 Å². The van der Waals surface area contributed by atoms with Crippen LogP contribution in [0, 0.1) is 5.92 Å². The molecule has 0 saturated heterocycles. The van der Waals surface area contributed by atoms with Gasteiger partial charge >= 0.3 is 0 Å². The van der Waals surface area contributed by atoms with E-state index in [2.05, 4.69) is 16.9 Å². The van der Waals surface area contributed by atoms with E-state index in [1.807, 2.05) is 19.1 Å². The first-order valence-corrected chi connectivity index (χ1v) is 7.70. The first kappa shape index (κ1) is 13.4. The van der Waals surface area contributed by atoms with Crippen LogP contribution < -0.4 is 10.2 Å². The van der Waals surface area contributed by atoms with Crippen LogP contribution in [-0.4, -0.2) is 12.5 Å². The Bertz CT molecular complexity index is 619. The average Bonchev–Trinajstić information content (AvgIpc) is 3.22. The smallest absolute Gasteiger partial charge is 0.246 e. The minimum atomic E-state index is -0.000425. The fourth-order valence-corrected chi connectivity index (χ4v) is 2.97. The Hall–Kier alpha value is -1.59. The Kier molecular flexibility index (Phi) is 3.89. The molecule has 106 valence electrons. The van der Waals surface area contributed by atoms with Gasteiger partial charge in [-0.3, -0.25) is 9.63 Å². The normalized spacial score (nSPS) is 14.4. The Labute approximate surface area is 121 Å². The number of nitrogens with one attached hydrogen (secondary N) is 1. The molecule has 20 heavy (non-hydrogen) atoms. The van der Waals surface area contributed by atoms with Crippen LogP contribution in [0.25, 0.3) is 10.1 Å². The topological polar surface area (TPSA) is 47.6 Å². The van der Waals surface area contributed by atoms with Gasteiger partial charge < -0.3 is 4.74 Å². The van der Waals surface area contributed by atoms with Crippen LogP contribution in [0.3, 0.4) is 0 Å². The number of rotatable bonds is 6. The van der Waals surface area contributed by atoms with E-state index >= 15 is 0 Å². The van der Waals surface area contributed by atoms with Gasteiger partial charge in [-0.25, -0.2) is 5.48 Å². The van der Waals surface area contributed by atoms with E-state index in [-0.39, 0.29) is 11.8 Å². The predicted molar refractivity (Wildman–Crippen MR) is 78.6 cm³/mol. The molecule has 0 radical (unpaired) electrons. The number of hydroxylamine groups is 1. The highest BCUT2D eigenvalue weighted by molar-refractivity contribution is 7.17. The third-order valence-corrected chi connectivity index (χ3v) is 4.30. The molecule has 1 N–H and O–H groups in total. The van der Waals surface area contributed by atoms with Crippen LogP contribution >= 0.6 is 11.3 Å². The van der Waals surface area contributed by atoms with Crippen LogP contribution in [0.2, 0.25) is 0 Å². The summed E-state index contributed by atoms with van der Waals surface area (Å²) in [7, 11) is 0. The minimum absolute atomic E-state index is 0.000425. The molecule has 1 aromatic carbocycles. The van der Waals surface area contributed by atoms with Crippen LogP contribution in [-0.2, 0) is 16.2 Å². The van der Waals surface area contributed by atoms with E-state index < -0.39 is 0 Å². The number of benzene rings is 1. The van der Waals surface area contributed by atoms with E-state index in [9.17, 15) is 4.79 Å². The number of carbonyl (C=O) groups excluding carboxylic acids is 1. The van der Waals surface area contributed by atoms with Crippen LogP contribution in [0.5, 0.6) is 5.75 Å². The van der Waals surface area contributed by atoms with E-state index in [4.69, 9.17) is 9.57 Å². The molecule has 2 aromatic rings. The zero-order valence-corrected chi connectivity index (χ0v) is 12.2. The molecule has 1 aliphatic rings. The van der Waals surface area contributed by atoms with Crippen molar-refractivity contribution in [3.63, 3.8) is 0 Å². The summed E-state index contributed by atoms with van der Waals surface area (Å²) in [5.41, 5.74) is 3.59. The van der Waals surface area contributed by atoms with Crippen LogP contribution in [0.4, 0.5) is 0 Å². The molecule has 0 atom stereocenters. The highest BCUT2D eigenvalue weighted by atomic mass is 32.1. The maximum absolute atomic E-state index is 11.5. The first-order chi connectivity index (χ1) is 9.78. The monoisotopic (exact) mass is 291 g/mol. The van der Waals surface area contributed by atoms with Gasteiger partial charge in [0, 0.05) is 16.0 Å². The van der Waals surface area contributed by atoms with Gasteiger partial charge in [0.1, 0.15) is 12.4 Å². The van der Waals surface area contributed by atoms with Gasteiger partial charge in [-0.2, -0.15) is 0 Å². The average molecular weight is 291 g/mol. The molecule has 5 heteroatoms. The van der Waals surface area contributed by atoms with Gasteiger partial charge in [-0.1, -0.05) is 0 Å². The number of amides is 1. The molecule has 0 unspecified atom stereocenters. The zero-order valence-electron chi connectivity index (χ0n) is 11.3. The lowest BCUT2D eigenvalue weighted by Gasteiger charge is -2.06. The molecule has 0 bridgehead atoms. The van der Waals surface area contributed by atoms with Gasteiger partial charge in [0.15, 0.2) is 0 Å². The lowest BCUT2D eigenvalue weighted by Crippen LogP contribution is -2.24. The minimum Gasteiger partial charge on any atom is -0.494 e. The van der Waals surface area contributed by atoms with Crippen molar-refractivity contribution >= 4 is 27.3 Å². The molecule has 0 spiro atoms. The van der Waals surface area contributed by atoms with Crippen molar-refractivity contribution in [3.8, 4) is 5.75 Å². The Balaban J connectivity index is 1.67. The summed E-state index contributed by atoms with van der Waals surface area (Å²) in [4.78, 5) is 16.8. The second-order valence-electron chi connectivity index (χ2n) is 4.88. The van der Waals surface area contributed by atoms with Crippen molar-refractivity contribution in [1.29, 1.82) is 0 Å². The third kappa shape index (κ3) is 2.94. The maximum Gasteiger partial charge on any atom is 0.246 e. The van der Waals surface area contributed by atoms with Gasteiger partial charge in [-0.15, -0.1) is 11.3 Å². The Morgan fingerprint density at radius 3 is 3.05 bits per heavy atom. The summed E-state index contributed by atoms with van der Waals surface area (Å²) in [5.74, 6) is 1.03. The number of hydrogen-bond donors (Lipinski definition) is 1. The molecule has 4 nitrogen and oxygen atoms in total. The fraction of sp³-hybridized carbons (Fsp3) is 0.400. The van der Waals surface area contributed by atoms with E-state index in [0.29, 0.717) is 13.2 Å². The molecule has 1 amide bonds. The lowest BCUT2D eigenvalue weighted by atomic mass is 10.2. The SMILES string of the molecule is CCOc1ccc2scc(CONC(=O)C3CC3)c2c1. The summed E-state index contributed by atoms with van der Waals surface area (Å²) in [5, 5.41) is 3.19. The summed E-state index contributed by atoms with van der Waals surface area (Å²) in [6.07, 6.45) is 1.96. The predicted octanol–water partition coefficient (Wildman–Crippen LogP) is 3.26. The van der Waals surface area contributed by atoms with Crippen molar-refractivity contribution in [2.75, 3.05) is 6.61 Å². The molecule has 0 aliphatic heterocycles. The Morgan fingerprint density at radius 2 is 2.30 bits per heavy atom. The molecule has 1 heterocycles. The Morgan fingerprint density at radius 1 is 1.45 bits per heavy atom. The molecule has 1 fully saturated rings. The molecule has 3 rings (SSSR count).